The zero-order valence-corrected chi connectivity index (χ0v) is 15.8. The number of aromatic amines is 1. The van der Waals surface area contributed by atoms with E-state index in [1.807, 2.05) is 48.9 Å². The molecule has 0 bridgehead atoms. The molecule has 4 heterocycles. The molecule has 0 aromatic carbocycles. The van der Waals surface area contributed by atoms with Gasteiger partial charge >= 0.3 is 0 Å². The van der Waals surface area contributed by atoms with Crippen LogP contribution in [0.3, 0.4) is 0 Å². The molecule has 7 nitrogen and oxygen atoms in total. The molecular formula is C20H22N6O. The Bertz CT molecular complexity index is 1150. The van der Waals surface area contributed by atoms with E-state index < -0.39 is 0 Å². The molecule has 0 unspecified atom stereocenters. The summed E-state index contributed by atoms with van der Waals surface area (Å²) >= 11 is 0. The molecule has 27 heavy (non-hydrogen) atoms. The van der Waals surface area contributed by atoms with Crippen LogP contribution in [0.15, 0.2) is 47.4 Å². The van der Waals surface area contributed by atoms with Crippen molar-refractivity contribution >= 4 is 5.65 Å². The van der Waals surface area contributed by atoms with E-state index in [9.17, 15) is 4.79 Å². The molecule has 7 heteroatoms. The highest BCUT2D eigenvalue weighted by atomic mass is 16.1. The smallest absolute Gasteiger partial charge is 0.272 e. The van der Waals surface area contributed by atoms with Gasteiger partial charge in [-0.2, -0.15) is 5.10 Å². The molecular weight excluding hydrogens is 340 g/mol. The maximum absolute atomic E-state index is 12.7. The molecule has 138 valence electrons. The van der Waals surface area contributed by atoms with Gasteiger partial charge in [-0.05, 0) is 38.0 Å². The van der Waals surface area contributed by atoms with Crippen LogP contribution >= 0.6 is 0 Å². The van der Waals surface area contributed by atoms with E-state index >= 15 is 0 Å². The van der Waals surface area contributed by atoms with Crippen molar-refractivity contribution in [1.29, 1.82) is 0 Å². The van der Waals surface area contributed by atoms with Crippen LogP contribution in [0.4, 0.5) is 0 Å². The highest BCUT2D eigenvalue weighted by Crippen LogP contribution is 2.26. The van der Waals surface area contributed by atoms with Crippen molar-refractivity contribution in [2.45, 2.75) is 33.7 Å². The fourth-order valence-electron chi connectivity index (χ4n) is 3.49. The molecule has 0 fully saturated rings. The Morgan fingerprint density at radius 2 is 1.93 bits per heavy atom. The topological polar surface area (TPSA) is 80.9 Å². The molecule has 0 aliphatic rings. The number of aryl methyl sites for hydroxylation is 2. The minimum Gasteiger partial charge on any atom is -0.287 e. The van der Waals surface area contributed by atoms with Crippen LogP contribution in [0.25, 0.3) is 17.0 Å². The van der Waals surface area contributed by atoms with Crippen LogP contribution in [0.2, 0.25) is 0 Å². The molecule has 0 radical (unpaired) electrons. The third-order valence-electron chi connectivity index (χ3n) is 4.65. The molecule has 4 aromatic rings. The molecule has 0 saturated heterocycles. The van der Waals surface area contributed by atoms with E-state index in [2.05, 4.69) is 29.0 Å². The predicted molar refractivity (Wildman–Crippen MR) is 104 cm³/mol. The van der Waals surface area contributed by atoms with Crippen LogP contribution in [-0.4, -0.2) is 29.4 Å². The highest BCUT2D eigenvalue weighted by molar-refractivity contribution is 5.60. The van der Waals surface area contributed by atoms with E-state index in [0.29, 0.717) is 11.3 Å². The van der Waals surface area contributed by atoms with Gasteiger partial charge in [0, 0.05) is 24.0 Å². The van der Waals surface area contributed by atoms with E-state index in [4.69, 9.17) is 4.98 Å². The third-order valence-corrected chi connectivity index (χ3v) is 4.65. The molecule has 1 N–H and O–H groups in total. The Hall–Kier alpha value is -3.22. The molecule has 0 saturated carbocycles. The molecule has 4 aromatic heterocycles. The second-order valence-corrected chi connectivity index (χ2v) is 7.16. The summed E-state index contributed by atoms with van der Waals surface area (Å²) in [7, 11) is 0. The van der Waals surface area contributed by atoms with Gasteiger partial charge in [-0.1, -0.05) is 19.9 Å². The first-order valence-electron chi connectivity index (χ1n) is 9.01. The number of hydrogen-bond donors (Lipinski definition) is 1. The number of hydrogen-bond acceptors (Lipinski definition) is 4. The van der Waals surface area contributed by atoms with E-state index in [1.54, 1.807) is 12.3 Å². The van der Waals surface area contributed by atoms with Gasteiger partial charge < -0.3 is 0 Å². The van der Waals surface area contributed by atoms with E-state index in [0.717, 1.165) is 22.8 Å². The second-order valence-electron chi connectivity index (χ2n) is 7.16. The van der Waals surface area contributed by atoms with Gasteiger partial charge in [0.25, 0.3) is 5.56 Å². The Morgan fingerprint density at radius 1 is 1.11 bits per heavy atom. The lowest BCUT2D eigenvalue weighted by molar-refractivity contribution is 0.386. The number of fused-ring (bicyclic) bond motifs is 1. The molecule has 4 rings (SSSR count). The SMILES string of the molecule is Cc1cc(C)n([C@H](c2cc(=O)n3[nH]c(-c4ccccn4)cc3n2)C(C)C)n1. The van der Waals surface area contributed by atoms with Crippen molar-refractivity contribution in [2.24, 2.45) is 5.92 Å². The van der Waals surface area contributed by atoms with Gasteiger partial charge in [0.2, 0.25) is 0 Å². The van der Waals surface area contributed by atoms with Crippen molar-refractivity contribution in [3.05, 3.63) is 70.0 Å². The van der Waals surface area contributed by atoms with Crippen molar-refractivity contribution in [1.82, 2.24) is 29.4 Å². The van der Waals surface area contributed by atoms with Gasteiger partial charge in [0.15, 0.2) is 5.65 Å². The summed E-state index contributed by atoms with van der Waals surface area (Å²) in [5.41, 5.74) is 4.67. The van der Waals surface area contributed by atoms with E-state index in [-0.39, 0.29) is 17.5 Å². The molecule has 1 atom stereocenters. The first-order chi connectivity index (χ1) is 12.9. The Kier molecular flexibility index (Phi) is 4.14. The largest absolute Gasteiger partial charge is 0.287 e. The monoisotopic (exact) mass is 362 g/mol. The maximum Gasteiger partial charge on any atom is 0.272 e. The molecule has 0 aliphatic carbocycles. The fraction of sp³-hybridized carbons (Fsp3) is 0.300. The summed E-state index contributed by atoms with van der Waals surface area (Å²) in [4.78, 5) is 21.8. The van der Waals surface area contributed by atoms with Crippen LogP contribution in [0.5, 0.6) is 0 Å². The minimum atomic E-state index is -0.149. The van der Waals surface area contributed by atoms with Crippen LogP contribution < -0.4 is 5.56 Å². The van der Waals surface area contributed by atoms with Crippen molar-refractivity contribution in [3.8, 4) is 11.4 Å². The summed E-state index contributed by atoms with van der Waals surface area (Å²) in [6.07, 6.45) is 1.72. The number of aromatic nitrogens is 6. The van der Waals surface area contributed by atoms with Gasteiger partial charge in [0.1, 0.15) is 0 Å². The number of H-pyrrole nitrogens is 1. The Balaban J connectivity index is 1.86. The van der Waals surface area contributed by atoms with Crippen molar-refractivity contribution < 1.29 is 0 Å². The number of nitrogens with one attached hydrogen (secondary N) is 1. The number of pyridine rings is 1. The van der Waals surface area contributed by atoms with Crippen LogP contribution in [-0.2, 0) is 0 Å². The zero-order chi connectivity index (χ0) is 19.1. The third kappa shape index (κ3) is 3.05. The highest BCUT2D eigenvalue weighted by Gasteiger charge is 2.23. The van der Waals surface area contributed by atoms with E-state index in [1.165, 1.54) is 4.52 Å². The molecule has 0 spiro atoms. The maximum atomic E-state index is 12.7. The molecule has 0 amide bonds. The van der Waals surface area contributed by atoms with Crippen molar-refractivity contribution in [2.75, 3.05) is 0 Å². The van der Waals surface area contributed by atoms with Crippen molar-refractivity contribution in [3.63, 3.8) is 0 Å². The average molecular weight is 362 g/mol. The first-order valence-corrected chi connectivity index (χ1v) is 9.01. The summed E-state index contributed by atoms with van der Waals surface area (Å²) in [5, 5.41) is 7.71. The predicted octanol–water partition coefficient (Wildman–Crippen LogP) is 3.14. The Labute approximate surface area is 156 Å². The molecule has 0 aliphatic heterocycles. The summed E-state index contributed by atoms with van der Waals surface area (Å²) in [5.74, 6) is 0.228. The van der Waals surface area contributed by atoms with Crippen LogP contribution in [0, 0.1) is 19.8 Å². The number of rotatable bonds is 4. The van der Waals surface area contributed by atoms with Gasteiger partial charge in [-0.3, -0.25) is 19.6 Å². The lowest BCUT2D eigenvalue weighted by Crippen LogP contribution is -2.24. The van der Waals surface area contributed by atoms with Gasteiger partial charge in [-0.25, -0.2) is 9.50 Å². The van der Waals surface area contributed by atoms with Gasteiger partial charge in [0.05, 0.1) is 28.8 Å². The fourth-order valence-corrected chi connectivity index (χ4v) is 3.49. The quantitative estimate of drug-likeness (QED) is 0.605. The summed E-state index contributed by atoms with van der Waals surface area (Å²) in [6, 6.07) is 11.0. The first kappa shape index (κ1) is 17.2. The Morgan fingerprint density at radius 3 is 2.56 bits per heavy atom. The van der Waals surface area contributed by atoms with Crippen LogP contribution in [0.1, 0.15) is 37.0 Å². The standard InChI is InChI=1S/C20H22N6O/c1-12(2)20(25-14(4)9-13(3)23-25)17-11-19(27)26-18(22-17)10-16(24-26)15-7-5-6-8-21-15/h5-12,20,24H,1-4H3/t20-/m0/s1. The minimum absolute atomic E-state index is 0.107. The lowest BCUT2D eigenvalue weighted by Gasteiger charge is -2.22. The normalized spacial score (nSPS) is 12.8. The summed E-state index contributed by atoms with van der Waals surface area (Å²) in [6.45, 7) is 8.22. The average Bonchev–Trinajstić information content (AvgIpc) is 3.19. The van der Waals surface area contributed by atoms with Gasteiger partial charge in [-0.15, -0.1) is 0 Å². The lowest BCUT2D eigenvalue weighted by atomic mass is 10.0. The second kappa shape index (κ2) is 6.50. The number of nitrogens with zero attached hydrogens (tertiary/aromatic N) is 5. The summed E-state index contributed by atoms with van der Waals surface area (Å²) < 4.78 is 3.41. The zero-order valence-electron chi connectivity index (χ0n) is 15.8.